The number of benzene rings is 1. The minimum Gasteiger partial charge on any atom is -0.454 e. The highest BCUT2D eigenvalue weighted by atomic mass is 32.1. The summed E-state index contributed by atoms with van der Waals surface area (Å²) in [4.78, 5) is 10.7. The fourth-order valence-electron chi connectivity index (χ4n) is 2.83. The fraction of sp³-hybridized carbons (Fsp3) is 0.467. The molecular formula is C15H18N4O4S. The SMILES string of the molecule is O=[N+]([O-])c1cc2c(cc1/C=N/NC(=S)NC1CCCCC1)OCO2. The van der Waals surface area contributed by atoms with Crippen molar-refractivity contribution < 1.29 is 14.4 Å². The van der Waals surface area contributed by atoms with Gasteiger partial charge in [-0.15, -0.1) is 0 Å². The first-order valence-corrected chi connectivity index (χ1v) is 8.22. The van der Waals surface area contributed by atoms with Crippen LogP contribution in [-0.4, -0.2) is 29.1 Å². The Morgan fingerprint density at radius 1 is 1.29 bits per heavy atom. The van der Waals surface area contributed by atoms with Gasteiger partial charge in [0.25, 0.3) is 5.69 Å². The van der Waals surface area contributed by atoms with Gasteiger partial charge in [-0.25, -0.2) is 0 Å². The van der Waals surface area contributed by atoms with Crippen LogP contribution in [0.5, 0.6) is 11.5 Å². The van der Waals surface area contributed by atoms with E-state index in [1.807, 2.05) is 0 Å². The Morgan fingerprint density at radius 3 is 2.71 bits per heavy atom. The summed E-state index contributed by atoms with van der Waals surface area (Å²) in [7, 11) is 0. The number of nitrogens with one attached hydrogen (secondary N) is 2. The third kappa shape index (κ3) is 3.91. The fourth-order valence-corrected chi connectivity index (χ4v) is 3.05. The summed E-state index contributed by atoms with van der Waals surface area (Å²) in [5.41, 5.74) is 2.92. The largest absolute Gasteiger partial charge is 0.454 e. The molecule has 24 heavy (non-hydrogen) atoms. The van der Waals surface area contributed by atoms with Gasteiger partial charge in [-0.3, -0.25) is 15.5 Å². The Balaban J connectivity index is 1.63. The summed E-state index contributed by atoms with van der Waals surface area (Å²) in [6, 6.07) is 3.24. The summed E-state index contributed by atoms with van der Waals surface area (Å²) in [6.07, 6.45) is 7.22. The zero-order valence-electron chi connectivity index (χ0n) is 13.0. The van der Waals surface area contributed by atoms with E-state index >= 15 is 0 Å². The topological polar surface area (TPSA) is 98.0 Å². The lowest BCUT2D eigenvalue weighted by atomic mass is 9.96. The highest BCUT2D eigenvalue weighted by molar-refractivity contribution is 7.80. The average Bonchev–Trinajstić information content (AvgIpc) is 3.02. The number of rotatable bonds is 4. The summed E-state index contributed by atoms with van der Waals surface area (Å²) < 4.78 is 10.4. The molecule has 0 radical (unpaired) electrons. The molecule has 128 valence electrons. The maximum absolute atomic E-state index is 11.2. The summed E-state index contributed by atoms with van der Waals surface area (Å²) in [6.45, 7) is 0.0563. The van der Waals surface area contributed by atoms with Crippen LogP contribution in [-0.2, 0) is 0 Å². The van der Waals surface area contributed by atoms with Crippen LogP contribution in [0.15, 0.2) is 17.2 Å². The third-order valence-corrected chi connectivity index (χ3v) is 4.24. The molecule has 2 aliphatic rings. The molecule has 0 unspecified atom stereocenters. The monoisotopic (exact) mass is 350 g/mol. The molecule has 0 saturated heterocycles. The molecule has 1 aliphatic carbocycles. The lowest BCUT2D eigenvalue weighted by Gasteiger charge is -2.23. The number of thiocarbonyl (C=S) groups is 1. The third-order valence-electron chi connectivity index (χ3n) is 4.03. The molecule has 1 aliphatic heterocycles. The van der Waals surface area contributed by atoms with Crippen molar-refractivity contribution in [2.75, 3.05) is 6.79 Å². The summed E-state index contributed by atoms with van der Waals surface area (Å²) in [5, 5.41) is 18.8. The predicted octanol–water partition coefficient (Wildman–Crippen LogP) is 2.45. The first-order valence-electron chi connectivity index (χ1n) is 7.81. The van der Waals surface area contributed by atoms with Crippen LogP contribution in [0.2, 0.25) is 0 Å². The molecule has 3 rings (SSSR count). The molecule has 1 aromatic carbocycles. The van der Waals surface area contributed by atoms with Crippen LogP contribution >= 0.6 is 12.2 Å². The second kappa shape index (κ2) is 7.43. The van der Waals surface area contributed by atoms with E-state index < -0.39 is 4.92 Å². The van der Waals surface area contributed by atoms with Crippen LogP contribution in [0.1, 0.15) is 37.7 Å². The van der Waals surface area contributed by atoms with Gasteiger partial charge in [-0.2, -0.15) is 5.10 Å². The lowest BCUT2D eigenvalue weighted by Crippen LogP contribution is -2.40. The Hall–Kier alpha value is -2.42. The quantitative estimate of drug-likeness (QED) is 0.372. The van der Waals surface area contributed by atoms with Gasteiger partial charge in [0.1, 0.15) is 0 Å². The van der Waals surface area contributed by atoms with E-state index in [2.05, 4.69) is 15.8 Å². The van der Waals surface area contributed by atoms with Gasteiger partial charge in [0.05, 0.1) is 22.8 Å². The molecule has 0 spiro atoms. The van der Waals surface area contributed by atoms with E-state index in [4.69, 9.17) is 21.7 Å². The van der Waals surface area contributed by atoms with Crippen molar-refractivity contribution in [1.82, 2.24) is 10.7 Å². The number of hydrogen-bond donors (Lipinski definition) is 2. The summed E-state index contributed by atoms with van der Waals surface area (Å²) in [5.74, 6) is 0.825. The zero-order chi connectivity index (χ0) is 16.9. The number of nitro groups is 1. The number of nitrogens with zero attached hydrogens (tertiary/aromatic N) is 2. The Morgan fingerprint density at radius 2 is 2.00 bits per heavy atom. The maximum atomic E-state index is 11.2. The number of nitro benzene ring substituents is 1. The van der Waals surface area contributed by atoms with Crippen LogP contribution < -0.4 is 20.2 Å². The van der Waals surface area contributed by atoms with Gasteiger partial charge >= 0.3 is 0 Å². The van der Waals surface area contributed by atoms with Crippen LogP contribution in [0.25, 0.3) is 0 Å². The van der Waals surface area contributed by atoms with Crippen molar-refractivity contribution in [2.24, 2.45) is 5.10 Å². The number of fused-ring (bicyclic) bond motifs is 1. The van der Waals surface area contributed by atoms with E-state index in [0.29, 0.717) is 28.2 Å². The lowest BCUT2D eigenvalue weighted by molar-refractivity contribution is -0.385. The highest BCUT2D eigenvalue weighted by Gasteiger charge is 2.22. The number of hydrazone groups is 1. The van der Waals surface area contributed by atoms with Gasteiger partial charge in [0.2, 0.25) is 6.79 Å². The normalized spacial score (nSPS) is 17.0. The van der Waals surface area contributed by atoms with E-state index in [1.165, 1.54) is 37.6 Å². The molecular weight excluding hydrogens is 332 g/mol. The van der Waals surface area contributed by atoms with Crippen LogP contribution in [0, 0.1) is 10.1 Å². The van der Waals surface area contributed by atoms with E-state index in [9.17, 15) is 10.1 Å². The first kappa shape index (κ1) is 16.4. The molecule has 1 aromatic rings. The molecule has 0 atom stereocenters. The zero-order valence-corrected chi connectivity index (χ0v) is 13.8. The van der Waals surface area contributed by atoms with Gasteiger partial charge < -0.3 is 14.8 Å². The maximum Gasteiger partial charge on any atom is 0.282 e. The number of ether oxygens (including phenoxy) is 2. The first-order chi connectivity index (χ1) is 11.6. The van der Waals surface area contributed by atoms with Gasteiger partial charge in [0, 0.05) is 6.04 Å². The van der Waals surface area contributed by atoms with Crippen molar-refractivity contribution in [1.29, 1.82) is 0 Å². The minimum atomic E-state index is -0.484. The smallest absolute Gasteiger partial charge is 0.282 e. The second-order valence-corrected chi connectivity index (χ2v) is 6.11. The van der Waals surface area contributed by atoms with Crippen molar-refractivity contribution in [3.8, 4) is 11.5 Å². The van der Waals surface area contributed by atoms with Gasteiger partial charge in [-0.05, 0) is 31.1 Å². The van der Waals surface area contributed by atoms with Crippen molar-refractivity contribution >= 4 is 29.2 Å². The molecule has 2 N–H and O–H groups in total. The van der Waals surface area contributed by atoms with Gasteiger partial charge in [0.15, 0.2) is 16.6 Å². The average molecular weight is 350 g/mol. The van der Waals surface area contributed by atoms with Gasteiger partial charge in [-0.1, -0.05) is 19.3 Å². The predicted molar refractivity (Wildman–Crippen MR) is 92.6 cm³/mol. The molecule has 1 saturated carbocycles. The molecule has 9 heteroatoms. The van der Waals surface area contributed by atoms with Crippen molar-refractivity contribution in [3.05, 3.63) is 27.8 Å². The highest BCUT2D eigenvalue weighted by Crippen LogP contribution is 2.37. The molecule has 8 nitrogen and oxygen atoms in total. The Labute approximate surface area is 144 Å². The Bertz CT molecular complexity index is 674. The minimum absolute atomic E-state index is 0.0563. The van der Waals surface area contributed by atoms with Crippen molar-refractivity contribution in [2.45, 2.75) is 38.1 Å². The van der Waals surface area contributed by atoms with E-state index in [0.717, 1.165) is 12.8 Å². The van der Waals surface area contributed by atoms with E-state index in [-0.39, 0.29) is 12.5 Å². The van der Waals surface area contributed by atoms with Crippen LogP contribution in [0.4, 0.5) is 5.69 Å². The molecule has 0 aromatic heterocycles. The molecule has 0 amide bonds. The molecule has 1 heterocycles. The number of hydrogen-bond acceptors (Lipinski definition) is 6. The van der Waals surface area contributed by atoms with Crippen LogP contribution in [0.3, 0.4) is 0 Å². The standard InChI is InChI=1S/C15H18N4O4S/c20-19(21)12-7-14-13(22-9-23-14)6-10(12)8-16-18-15(24)17-11-4-2-1-3-5-11/h6-8,11H,1-5,9H2,(H2,17,18,24)/b16-8+. The van der Waals surface area contributed by atoms with Crippen molar-refractivity contribution in [3.63, 3.8) is 0 Å². The molecule has 0 bridgehead atoms. The summed E-state index contributed by atoms with van der Waals surface area (Å²) >= 11 is 5.20. The Kier molecular flexibility index (Phi) is 5.09. The van der Waals surface area contributed by atoms with E-state index in [1.54, 1.807) is 0 Å². The molecule has 1 fully saturated rings. The second-order valence-electron chi connectivity index (χ2n) is 5.70.